The average molecular weight is 631 g/mol. The molecule has 2 saturated carbocycles. The van der Waals surface area contributed by atoms with Crippen LogP contribution in [0.25, 0.3) is 50.5 Å². The quantitative estimate of drug-likeness (QED) is 0.281. The van der Waals surface area contributed by atoms with Gasteiger partial charge < -0.3 is 29.6 Å². The van der Waals surface area contributed by atoms with E-state index in [4.69, 9.17) is 20.4 Å². The van der Waals surface area contributed by atoms with Crippen LogP contribution in [-0.2, 0) is 13.6 Å². The van der Waals surface area contributed by atoms with Crippen molar-refractivity contribution in [3.8, 4) is 34.4 Å². The molecule has 3 fully saturated rings. The summed E-state index contributed by atoms with van der Waals surface area (Å²) in [5.41, 5.74) is 11.7. The van der Waals surface area contributed by atoms with Crippen LogP contribution >= 0.6 is 0 Å². The summed E-state index contributed by atoms with van der Waals surface area (Å²) in [6.45, 7) is 1.50. The lowest BCUT2D eigenvalue weighted by Gasteiger charge is -2.27. The van der Waals surface area contributed by atoms with E-state index in [1.165, 1.54) is 4.40 Å². The maximum atomic E-state index is 13.7. The van der Waals surface area contributed by atoms with E-state index in [2.05, 4.69) is 15.6 Å². The molecule has 1 aromatic carbocycles. The molecule has 3 atom stereocenters. The number of amides is 1. The molecule has 47 heavy (non-hydrogen) atoms. The molecule has 2 unspecified atom stereocenters. The highest BCUT2D eigenvalue weighted by molar-refractivity contribution is 6.00. The van der Waals surface area contributed by atoms with Gasteiger partial charge in [-0.25, -0.2) is 9.97 Å². The van der Waals surface area contributed by atoms with Gasteiger partial charge in [-0.05, 0) is 80.0 Å². The number of piperidine rings is 1. The molecule has 0 radical (unpaired) electrons. The number of aromatic nitrogens is 6. The predicted molar refractivity (Wildman–Crippen MR) is 176 cm³/mol. The summed E-state index contributed by atoms with van der Waals surface area (Å²) in [6.07, 6.45) is 6.06. The Bertz CT molecular complexity index is 2330. The predicted octanol–water partition coefficient (Wildman–Crippen LogP) is 3.95. The number of benzene rings is 1. The molecule has 12 heteroatoms. The van der Waals surface area contributed by atoms with Gasteiger partial charge in [0.1, 0.15) is 22.6 Å². The first-order valence-electron chi connectivity index (χ1n) is 16.1. The molecule has 3 aliphatic rings. The molecule has 2 bridgehead atoms. The number of carbonyl (C=O) groups is 1. The number of nitrogens with zero attached hydrogens (tertiary/aromatic N) is 7. The molecule has 238 valence electrons. The Hall–Kier alpha value is -5.23. The summed E-state index contributed by atoms with van der Waals surface area (Å²) in [7, 11) is 3.60. The van der Waals surface area contributed by atoms with E-state index in [0.717, 1.165) is 71.9 Å². The molecule has 1 amide bonds. The molecule has 1 saturated heterocycles. The highest BCUT2D eigenvalue weighted by Crippen LogP contribution is 2.40. The molecule has 0 spiro atoms. The van der Waals surface area contributed by atoms with Gasteiger partial charge >= 0.3 is 0 Å². The van der Waals surface area contributed by atoms with Crippen LogP contribution in [-0.4, -0.2) is 70.1 Å². The zero-order chi connectivity index (χ0) is 32.1. The van der Waals surface area contributed by atoms with Crippen molar-refractivity contribution in [2.75, 3.05) is 13.7 Å². The number of nitrogens with two attached hydrogens (primary N) is 1. The molecule has 1 aliphatic heterocycles. The van der Waals surface area contributed by atoms with Crippen molar-refractivity contribution >= 4 is 33.6 Å². The number of aryl methyl sites for hydroxylation is 1. The van der Waals surface area contributed by atoms with E-state index < -0.39 is 0 Å². The number of hydrogen-bond acceptors (Lipinski definition) is 8. The smallest absolute Gasteiger partial charge is 0.261 e. The van der Waals surface area contributed by atoms with Crippen molar-refractivity contribution in [3.63, 3.8) is 0 Å². The molecule has 12 nitrogen and oxygen atoms in total. The second-order valence-corrected chi connectivity index (χ2v) is 13.3. The molecule has 3 N–H and O–H groups in total. The van der Waals surface area contributed by atoms with Crippen LogP contribution in [0, 0.1) is 11.8 Å². The van der Waals surface area contributed by atoms with Crippen LogP contribution in [0.2, 0.25) is 0 Å². The second kappa shape index (κ2) is 10.1. The first-order valence-corrected chi connectivity index (χ1v) is 16.1. The summed E-state index contributed by atoms with van der Waals surface area (Å²) in [6, 6.07) is 14.6. The highest BCUT2D eigenvalue weighted by atomic mass is 16.5. The Morgan fingerprint density at radius 3 is 2.64 bits per heavy atom. The van der Waals surface area contributed by atoms with E-state index in [1.807, 2.05) is 46.8 Å². The topological polar surface area (TPSA) is 146 Å². The molecule has 5 aromatic heterocycles. The Balaban J connectivity index is 1.15. The lowest BCUT2D eigenvalue weighted by atomic mass is 10.1. The third-order valence-corrected chi connectivity index (χ3v) is 10.4. The van der Waals surface area contributed by atoms with Gasteiger partial charge in [-0.3, -0.25) is 14.0 Å². The maximum Gasteiger partial charge on any atom is 0.261 e. The van der Waals surface area contributed by atoms with Crippen molar-refractivity contribution in [2.45, 2.75) is 44.3 Å². The van der Waals surface area contributed by atoms with Gasteiger partial charge in [-0.1, -0.05) is 0 Å². The molecular weight excluding hydrogens is 596 g/mol. The number of likely N-dealkylation sites (tertiary alicyclic amines) is 1. The summed E-state index contributed by atoms with van der Waals surface area (Å²) in [4.78, 5) is 42.5. The summed E-state index contributed by atoms with van der Waals surface area (Å²) in [5, 5.41) is 10.7. The standard InChI is InChI=1S/C35H34N8O4/c1-40-32-24(11-22(13-27(32)47-2)35(46)42-17-21-6-9-25(42)31(21)36)38-34(40)26-12-19-5-8-23(37-33(19)41(26)15-18-3-4-18)20-7-10-28-39-29(44)14-30(45)43(28)16-20/h5,7-8,10-14,16,18,21,25,31,44H,3-4,6,9,15,17,36H2,1-2H3/t21?,25?,31-/m1/s1. The minimum atomic E-state index is -0.367. The Morgan fingerprint density at radius 1 is 1.04 bits per heavy atom. The fourth-order valence-corrected chi connectivity index (χ4v) is 7.73. The SMILES string of the molecule is COc1cc(C(=O)N2CC3CCC2[C@@H]3N)cc2nc(-c3cc4ccc(-c5ccc6nc(O)cc(=O)n6c5)nc4n3CC3CC3)n(C)c12. The Morgan fingerprint density at radius 2 is 1.89 bits per heavy atom. The second-order valence-electron chi connectivity index (χ2n) is 13.3. The monoisotopic (exact) mass is 630 g/mol. The van der Waals surface area contributed by atoms with Crippen molar-refractivity contribution in [1.82, 2.24) is 33.4 Å². The third kappa shape index (κ3) is 4.34. The number of hydrogen-bond donors (Lipinski definition) is 2. The van der Waals surface area contributed by atoms with E-state index in [-0.39, 0.29) is 29.4 Å². The normalized spacial score (nSPS) is 20.7. The minimum Gasteiger partial charge on any atom is -0.494 e. The van der Waals surface area contributed by atoms with Gasteiger partial charge in [0.15, 0.2) is 5.82 Å². The number of fused-ring (bicyclic) bond motifs is 5. The summed E-state index contributed by atoms with van der Waals surface area (Å²) < 4.78 is 11.5. The van der Waals surface area contributed by atoms with Crippen LogP contribution < -0.4 is 16.0 Å². The van der Waals surface area contributed by atoms with Crippen molar-refractivity contribution in [1.29, 1.82) is 0 Å². The summed E-state index contributed by atoms with van der Waals surface area (Å²) >= 11 is 0. The number of ether oxygens (including phenoxy) is 1. The van der Waals surface area contributed by atoms with E-state index >= 15 is 0 Å². The molecule has 2 aliphatic carbocycles. The largest absolute Gasteiger partial charge is 0.494 e. The lowest BCUT2D eigenvalue weighted by molar-refractivity contribution is 0.0700. The number of pyridine rings is 2. The lowest BCUT2D eigenvalue weighted by Crippen LogP contribution is -2.41. The fraction of sp³-hybridized carbons (Fsp3) is 0.343. The first kappa shape index (κ1) is 28.0. The number of rotatable bonds is 6. The number of aromatic hydroxyl groups is 1. The number of methoxy groups -OCH3 is 1. The molecule has 9 rings (SSSR count). The van der Waals surface area contributed by atoms with Crippen LogP contribution in [0.3, 0.4) is 0 Å². The van der Waals surface area contributed by atoms with Crippen molar-refractivity contribution < 1.29 is 14.6 Å². The fourth-order valence-electron chi connectivity index (χ4n) is 7.73. The third-order valence-electron chi connectivity index (χ3n) is 10.4. The molecular formula is C35H34N8O4. The first-order chi connectivity index (χ1) is 22.8. The zero-order valence-electron chi connectivity index (χ0n) is 26.1. The average Bonchev–Trinajstić information content (AvgIpc) is 3.47. The highest BCUT2D eigenvalue weighted by Gasteiger charge is 2.47. The van der Waals surface area contributed by atoms with Gasteiger partial charge in [0, 0.05) is 54.9 Å². The van der Waals surface area contributed by atoms with E-state index in [1.54, 1.807) is 19.4 Å². The van der Waals surface area contributed by atoms with Gasteiger partial charge in [0.05, 0.1) is 30.1 Å². The van der Waals surface area contributed by atoms with Gasteiger partial charge in [-0.2, -0.15) is 4.98 Å². The number of imidazole rings is 1. The minimum absolute atomic E-state index is 0.0248. The molecule has 6 heterocycles. The van der Waals surface area contributed by atoms with Crippen LogP contribution in [0.1, 0.15) is 36.0 Å². The zero-order valence-corrected chi connectivity index (χ0v) is 26.1. The Kier molecular flexibility index (Phi) is 6.04. The van der Waals surface area contributed by atoms with Crippen LogP contribution in [0.5, 0.6) is 11.6 Å². The molecule has 6 aromatic rings. The van der Waals surface area contributed by atoms with E-state index in [9.17, 15) is 14.7 Å². The number of carbonyl (C=O) groups excluding carboxylic acids is 1. The van der Waals surface area contributed by atoms with Crippen LogP contribution in [0.4, 0.5) is 0 Å². The van der Waals surface area contributed by atoms with Gasteiger partial charge in [0.25, 0.3) is 11.5 Å². The van der Waals surface area contributed by atoms with Crippen molar-refractivity contribution in [3.05, 3.63) is 70.6 Å². The van der Waals surface area contributed by atoms with Crippen molar-refractivity contribution in [2.24, 2.45) is 24.6 Å². The van der Waals surface area contributed by atoms with E-state index in [0.29, 0.717) is 46.6 Å². The maximum absolute atomic E-state index is 13.7. The summed E-state index contributed by atoms with van der Waals surface area (Å²) in [5.74, 6) is 1.95. The van der Waals surface area contributed by atoms with Crippen LogP contribution in [0.15, 0.2) is 59.5 Å². The Labute approximate surface area is 269 Å². The van der Waals surface area contributed by atoms with Gasteiger partial charge in [0.2, 0.25) is 5.88 Å². The van der Waals surface area contributed by atoms with Gasteiger partial charge in [-0.15, -0.1) is 0 Å².